The fourth-order valence-corrected chi connectivity index (χ4v) is 3.11. The molecule has 23 heavy (non-hydrogen) atoms. The number of hydrogen-bond acceptors (Lipinski definition) is 3. The van der Waals surface area contributed by atoms with E-state index in [4.69, 9.17) is 0 Å². The van der Waals surface area contributed by atoms with Gasteiger partial charge in [-0.15, -0.1) is 0 Å². The van der Waals surface area contributed by atoms with Crippen molar-refractivity contribution < 1.29 is 15.0 Å². The minimum absolute atomic E-state index is 0.0636. The first-order valence-electron chi connectivity index (χ1n) is 9.05. The Morgan fingerprint density at radius 2 is 1.91 bits per heavy atom. The van der Waals surface area contributed by atoms with E-state index in [1.807, 2.05) is 0 Å². The highest BCUT2D eigenvalue weighted by atomic mass is 16.3. The van der Waals surface area contributed by atoms with Crippen LogP contribution >= 0.6 is 0 Å². The minimum Gasteiger partial charge on any atom is -0.393 e. The lowest BCUT2D eigenvalue weighted by Gasteiger charge is -2.38. The van der Waals surface area contributed by atoms with Crippen LogP contribution in [0.25, 0.3) is 0 Å². The number of aliphatic hydroxyl groups excluding tert-OH is 1. The Bertz CT molecular complexity index is 350. The van der Waals surface area contributed by atoms with Gasteiger partial charge in [0.25, 0.3) is 0 Å². The van der Waals surface area contributed by atoms with Crippen molar-refractivity contribution in [3.63, 3.8) is 0 Å². The second-order valence-corrected chi connectivity index (χ2v) is 8.11. The first-order valence-corrected chi connectivity index (χ1v) is 9.05. The smallest absolute Gasteiger partial charge is 0.120 e. The lowest BCUT2D eigenvalue weighted by Crippen LogP contribution is -2.42. The Kier molecular flexibility index (Phi) is 10.7. The molecule has 0 aromatic carbocycles. The molecule has 0 aliphatic heterocycles. The summed E-state index contributed by atoms with van der Waals surface area (Å²) in [5.41, 5.74) is 0.642. The van der Waals surface area contributed by atoms with Gasteiger partial charge in [-0.25, -0.2) is 0 Å². The highest BCUT2D eigenvalue weighted by molar-refractivity contribution is 5.49. The Hall–Kier alpha value is -0.670. The summed E-state index contributed by atoms with van der Waals surface area (Å²) in [7, 11) is 0. The summed E-state index contributed by atoms with van der Waals surface area (Å²) in [6.45, 7) is 12.1. The highest BCUT2D eigenvalue weighted by Gasteiger charge is 2.36. The van der Waals surface area contributed by atoms with Gasteiger partial charge in [0, 0.05) is 12.3 Å². The fraction of sp³-hybridized carbons (Fsp3) is 0.850. The molecular formula is C20H38O3. The summed E-state index contributed by atoms with van der Waals surface area (Å²) in [5, 5.41) is 19.5. The molecular weight excluding hydrogens is 288 g/mol. The quantitative estimate of drug-likeness (QED) is 0.557. The van der Waals surface area contributed by atoms with E-state index < -0.39 is 5.60 Å². The van der Waals surface area contributed by atoms with E-state index in [0.717, 1.165) is 38.4 Å². The third-order valence-corrected chi connectivity index (χ3v) is 4.70. The van der Waals surface area contributed by atoms with Crippen molar-refractivity contribution in [2.75, 3.05) is 0 Å². The number of aliphatic hydroxyl groups is 2. The molecule has 1 saturated carbocycles. The Balaban J connectivity index is 0.000000423. The van der Waals surface area contributed by atoms with Crippen LogP contribution in [0, 0.1) is 17.8 Å². The van der Waals surface area contributed by atoms with Gasteiger partial charge in [-0.2, -0.15) is 0 Å². The predicted molar refractivity (Wildman–Crippen MR) is 97.3 cm³/mol. The molecule has 0 radical (unpaired) electrons. The van der Waals surface area contributed by atoms with Gasteiger partial charge < -0.3 is 15.0 Å². The summed E-state index contributed by atoms with van der Waals surface area (Å²) < 4.78 is 0. The maximum atomic E-state index is 10.1. The van der Waals surface area contributed by atoms with E-state index in [1.165, 1.54) is 5.57 Å². The highest BCUT2D eigenvalue weighted by Crippen LogP contribution is 2.35. The second-order valence-electron chi connectivity index (χ2n) is 8.11. The zero-order chi connectivity index (χ0) is 18.0. The molecule has 0 amide bonds. The zero-order valence-electron chi connectivity index (χ0n) is 16.0. The van der Waals surface area contributed by atoms with Gasteiger partial charge in [0.15, 0.2) is 0 Å². The molecule has 1 rings (SSSR count). The zero-order valence-corrected chi connectivity index (χ0v) is 16.0. The molecule has 1 fully saturated rings. The van der Waals surface area contributed by atoms with E-state index in [2.05, 4.69) is 33.8 Å². The van der Waals surface area contributed by atoms with Crippen molar-refractivity contribution in [1.29, 1.82) is 0 Å². The van der Waals surface area contributed by atoms with Crippen LogP contribution in [0.3, 0.4) is 0 Å². The molecule has 0 aromatic rings. The molecule has 0 aromatic heterocycles. The Labute approximate surface area is 143 Å². The van der Waals surface area contributed by atoms with Gasteiger partial charge >= 0.3 is 0 Å². The lowest BCUT2D eigenvalue weighted by atomic mass is 9.73. The Morgan fingerprint density at radius 3 is 2.35 bits per heavy atom. The fourth-order valence-electron chi connectivity index (χ4n) is 3.11. The minimum atomic E-state index is -0.723. The van der Waals surface area contributed by atoms with Crippen LogP contribution < -0.4 is 0 Å². The summed E-state index contributed by atoms with van der Waals surface area (Å²) in [5.74, 6) is 1.22. The maximum absolute atomic E-state index is 10.1. The van der Waals surface area contributed by atoms with Gasteiger partial charge in [0.1, 0.15) is 6.29 Å². The third kappa shape index (κ3) is 10.7. The molecule has 3 nitrogen and oxygen atoms in total. The van der Waals surface area contributed by atoms with Gasteiger partial charge in [-0.1, -0.05) is 31.9 Å². The van der Waals surface area contributed by atoms with Crippen molar-refractivity contribution in [1.82, 2.24) is 0 Å². The standard InChI is InChI=1S/C10H20O2.C10H18O/c1-7-4-5-8(9(11)6-7)10(2,3)12;1-9(2)5-4-6-10(3)7-8-11/h7-9,11-12H,4-6H2,1-3H3;5,8,10H,4,6-7H2,1-3H3/t7-,8?,9?;10-/m00/s1. The number of hydrogen-bond donors (Lipinski definition) is 2. The van der Waals surface area contributed by atoms with Crippen molar-refractivity contribution in [3.8, 4) is 0 Å². The van der Waals surface area contributed by atoms with Crippen LogP contribution in [-0.4, -0.2) is 28.2 Å². The van der Waals surface area contributed by atoms with Crippen molar-refractivity contribution >= 4 is 6.29 Å². The SMILES string of the molecule is CC(C)=CCC[C@H](C)CC=O.C[C@H]1CCC(C(C)(C)O)C(O)C1. The van der Waals surface area contributed by atoms with Crippen LogP contribution in [0.1, 0.15) is 80.1 Å². The molecule has 1 aliphatic carbocycles. The largest absolute Gasteiger partial charge is 0.393 e. The average Bonchev–Trinajstić information content (AvgIpc) is 2.37. The summed E-state index contributed by atoms with van der Waals surface area (Å²) in [6.07, 6.45) is 8.78. The van der Waals surface area contributed by atoms with Gasteiger partial charge in [-0.3, -0.25) is 0 Å². The number of carbonyl (C=O) groups is 1. The van der Waals surface area contributed by atoms with Gasteiger partial charge in [0.05, 0.1) is 11.7 Å². The monoisotopic (exact) mass is 326 g/mol. The van der Waals surface area contributed by atoms with Crippen LogP contribution in [0.5, 0.6) is 0 Å². The number of rotatable bonds is 6. The van der Waals surface area contributed by atoms with E-state index in [1.54, 1.807) is 13.8 Å². The van der Waals surface area contributed by atoms with E-state index in [-0.39, 0.29) is 12.0 Å². The maximum Gasteiger partial charge on any atom is 0.120 e. The molecule has 0 heterocycles. The second kappa shape index (κ2) is 11.0. The van der Waals surface area contributed by atoms with Gasteiger partial charge in [-0.05, 0) is 65.2 Å². The molecule has 2 unspecified atom stereocenters. The van der Waals surface area contributed by atoms with Crippen molar-refractivity contribution in [2.24, 2.45) is 17.8 Å². The molecule has 0 spiro atoms. The Morgan fingerprint density at radius 1 is 1.30 bits per heavy atom. The normalized spacial score (nSPS) is 25.8. The van der Waals surface area contributed by atoms with Crippen LogP contribution in [-0.2, 0) is 4.79 Å². The van der Waals surface area contributed by atoms with Crippen molar-refractivity contribution in [2.45, 2.75) is 91.8 Å². The molecule has 4 atom stereocenters. The third-order valence-electron chi connectivity index (χ3n) is 4.70. The number of allylic oxidation sites excluding steroid dienone is 2. The summed E-state index contributed by atoms with van der Waals surface area (Å²) >= 11 is 0. The number of aldehydes is 1. The van der Waals surface area contributed by atoms with E-state index in [9.17, 15) is 15.0 Å². The summed E-state index contributed by atoms with van der Waals surface area (Å²) in [6, 6.07) is 0. The molecule has 3 heteroatoms. The lowest BCUT2D eigenvalue weighted by molar-refractivity contribution is -0.108. The molecule has 0 bridgehead atoms. The van der Waals surface area contributed by atoms with E-state index in [0.29, 0.717) is 18.3 Å². The first-order chi connectivity index (χ1) is 10.6. The van der Waals surface area contributed by atoms with Crippen molar-refractivity contribution in [3.05, 3.63) is 11.6 Å². The number of carbonyl (C=O) groups excluding carboxylic acids is 1. The van der Waals surface area contributed by atoms with E-state index >= 15 is 0 Å². The molecule has 2 N–H and O–H groups in total. The van der Waals surface area contributed by atoms with Crippen LogP contribution in [0.15, 0.2) is 11.6 Å². The molecule has 136 valence electrons. The molecule has 1 aliphatic rings. The van der Waals surface area contributed by atoms with Crippen LogP contribution in [0.4, 0.5) is 0 Å². The summed E-state index contributed by atoms with van der Waals surface area (Å²) in [4.78, 5) is 10.1. The molecule has 0 saturated heterocycles. The predicted octanol–water partition coefficient (Wildman–Crippen LogP) is 4.51. The first kappa shape index (κ1) is 22.3. The topological polar surface area (TPSA) is 57.5 Å². The van der Waals surface area contributed by atoms with Gasteiger partial charge in [0.2, 0.25) is 0 Å². The average molecular weight is 327 g/mol. The van der Waals surface area contributed by atoms with Crippen LogP contribution in [0.2, 0.25) is 0 Å².